The van der Waals surface area contributed by atoms with Crippen LogP contribution in [0.5, 0.6) is 0 Å². The lowest BCUT2D eigenvalue weighted by atomic mass is 10.1. The largest absolute Gasteiger partial charge is 0.384 e. The maximum atomic E-state index is 5.70. The Morgan fingerprint density at radius 3 is 2.94 bits per heavy atom. The van der Waals surface area contributed by atoms with Crippen molar-refractivity contribution >= 4 is 22.8 Å². The quantitative estimate of drug-likeness (QED) is 0.903. The smallest absolute Gasteiger partial charge is 0.125 e. The van der Waals surface area contributed by atoms with Crippen LogP contribution in [0.3, 0.4) is 0 Å². The highest BCUT2D eigenvalue weighted by Gasteiger charge is 2.11. The number of nitrogens with zero attached hydrogens (tertiary/aromatic N) is 2. The molecule has 0 aromatic carbocycles. The summed E-state index contributed by atoms with van der Waals surface area (Å²) >= 11 is 1.80. The SMILES string of the molecule is CC(Cc1cccs1)N(C)c1ccnc(N)c1. The van der Waals surface area contributed by atoms with E-state index in [4.69, 9.17) is 5.73 Å². The number of aromatic nitrogens is 1. The highest BCUT2D eigenvalue weighted by atomic mass is 32.1. The average Bonchev–Trinajstić information content (AvgIpc) is 2.80. The lowest BCUT2D eigenvalue weighted by Crippen LogP contribution is -2.30. The van der Waals surface area contributed by atoms with Gasteiger partial charge >= 0.3 is 0 Å². The van der Waals surface area contributed by atoms with E-state index in [0.29, 0.717) is 11.9 Å². The standard InChI is InChI=1S/C13H17N3S/c1-10(8-12-4-3-7-17-12)16(2)11-5-6-15-13(14)9-11/h3-7,9-10H,8H2,1-2H3,(H2,14,15). The van der Waals surface area contributed by atoms with Gasteiger partial charge < -0.3 is 10.6 Å². The fourth-order valence-electron chi connectivity index (χ4n) is 1.77. The van der Waals surface area contributed by atoms with Gasteiger partial charge in [-0.1, -0.05) is 6.07 Å². The Balaban J connectivity index is 2.06. The van der Waals surface area contributed by atoms with Crippen molar-refractivity contribution < 1.29 is 0 Å². The molecule has 0 aliphatic heterocycles. The summed E-state index contributed by atoms with van der Waals surface area (Å²) in [5.41, 5.74) is 6.81. The number of pyridine rings is 1. The molecule has 0 aliphatic carbocycles. The topological polar surface area (TPSA) is 42.2 Å². The predicted molar refractivity (Wildman–Crippen MR) is 74.5 cm³/mol. The normalized spacial score (nSPS) is 12.4. The van der Waals surface area contributed by atoms with E-state index in [2.05, 4.69) is 41.4 Å². The molecule has 0 spiro atoms. The summed E-state index contributed by atoms with van der Waals surface area (Å²) in [6.07, 6.45) is 2.80. The molecule has 2 heterocycles. The number of likely N-dealkylation sites (N-methyl/N-ethyl adjacent to an activating group) is 1. The van der Waals surface area contributed by atoms with Gasteiger partial charge in [0.1, 0.15) is 5.82 Å². The molecule has 90 valence electrons. The van der Waals surface area contributed by atoms with Gasteiger partial charge in [-0.05, 0) is 24.4 Å². The molecular weight excluding hydrogens is 230 g/mol. The number of hydrogen-bond acceptors (Lipinski definition) is 4. The van der Waals surface area contributed by atoms with Crippen LogP contribution in [0.15, 0.2) is 35.8 Å². The first kappa shape index (κ1) is 11.9. The summed E-state index contributed by atoms with van der Waals surface area (Å²) in [6.45, 7) is 2.22. The Bertz CT molecular complexity index is 467. The van der Waals surface area contributed by atoms with Gasteiger partial charge in [0, 0.05) is 42.3 Å². The summed E-state index contributed by atoms with van der Waals surface area (Å²) in [7, 11) is 2.09. The summed E-state index contributed by atoms with van der Waals surface area (Å²) in [5, 5.41) is 2.12. The van der Waals surface area contributed by atoms with E-state index >= 15 is 0 Å². The fraction of sp³-hybridized carbons (Fsp3) is 0.308. The maximum absolute atomic E-state index is 5.70. The zero-order valence-corrected chi connectivity index (χ0v) is 10.9. The van der Waals surface area contributed by atoms with E-state index in [1.807, 2.05) is 12.1 Å². The minimum Gasteiger partial charge on any atom is -0.384 e. The third-order valence-corrected chi connectivity index (χ3v) is 3.81. The molecule has 0 saturated carbocycles. The first-order chi connectivity index (χ1) is 8.16. The molecule has 0 saturated heterocycles. The van der Waals surface area contributed by atoms with E-state index in [1.54, 1.807) is 17.5 Å². The molecular formula is C13H17N3S. The van der Waals surface area contributed by atoms with Gasteiger partial charge in [-0.15, -0.1) is 11.3 Å². The van der Waals surface area contributed by atoms with Gasteiger partial charge in [0.15, 0.2) is 0 Å². The predicted octanol–water partition coefficient (Wildman–Crippen LogP) is 2.79. The van der Waals surface area contributed by atoms with Crippen molar-refractivity contribution in [1.82, 2.24) is 4.98 Å². The minimum absolute atomic E-state index is 0.440. The molecule has 0 amide bonds. The zero-order chi connectivity index (χ0) is 12.3. The van der Waals surface area contributed by atoms with Crippen LogP contribution in [-0.4, -0.2) is 18.1 Å². The van der Waals surface area contributed by atoms with E-state index in [-0.39, 0.29) is 0 Å². The molecule has 4 heteroatoms. The summed E-state index contributed by atoms with van der Waals surface area (Å²) in [5.74, 6) is 0.567. The number of hydrogen-bond donors (Lipinski definition) is 1. The number of thiophene rings is 1. The van der Waals surface area contributed by atoms with Crippen LogP contribution in [0.1, 0.15) is 11.8 Å². The van der Waals surface area contributed by atoms with Crippen molar-refractivity contribution in [3.8, 4) is 0 Å². The molecule has 0 fully saturated rings. The number of nitrogen functional groups attached to an aromatic ring is 1. The monoisotopic (exact) mass is 247 g/mol. The molecule has 3 nitrogen and oxygen atoms in total. The van der Waals surface area contributed by atoms with Gasteiger partial charge in [-0.2, -0.15) is 0 Å². The Labute approximate surface area is 106 Å². The molecule has 1 atom stereocenters. The van der Waals surface area contributed by atoms with Crippen LogP contribution in [0.25, 0.3) is 0 Å². The van der Waals surface area contributed by atoms with Crippen LogP contribution < -0.4 is 10.6 Å². The van der Waals surface area contributed by atoms with Crippen molar-refractivity contribution in [2.45, 2.75) is 19.4 Å². The second-order valence-electron chi connectivity index (χ2n) is 4.18. The van der Waals surface area contributed by atoms with E-state index in [0.717, 1.165) is 12.1 Å². The third kappa shape index (κ3) is 2.97. The van der Waals surface area contributed by atoms with Crippen molar-refractivity contribution in [1.29, 1.82) is 0 Å². The van der Waals surface area contributed by atoms with Gasteiger partial charge in [0.25, 0.3) is 0 Å². The van der Waals surface area contributed by atoms with E-state index < -0.39 is 0 Å². The van der Waals surface area contributed by atoms with Gasteiger partial charge in [-0.25, -0.2) is 4.98 Å². The molecule has 1 unspecified atom stereocenters. The van der Waals surface area contributed by atoms with Crippen LogP contribution in [0.2, 0.25) is 0 Å². The number of nitrogens with two attached hydrogens (primary N) is 1. The molecule has 17 heavy (non-hydrogen) atoms. The van der Waals surface area contributed by atoms with Crippen LogP contribution in [0.4, 0.5) is 11.5 Å². The zero-order valence-electron chi connectivity index (χ0n) is 10.1. The van der Waals surface area contributed by atoms with Crippen molar-refractivity contribution in [3.05, 3.63) is 40.7 Å². The molecule has 0 radical (unpaired) electrons. The number of anilines is 2. The number of rotatable bonds is 4. The van der Waals surface area contributed by atoms with E-state index in [1.165, 1.54) is 4.88 Å². The van der Waals surface area contributed by atoms with Crippen LogP contribution >= 0.6 is 11.3 Å². The second-order valence-corrected chi connectivity index (χ2v) is 5.21. The fourth-order valence-corrected chi connectivity index (χ4v) is 2.59. The van der Waals surface area contributed by atoms with Gasteiger partial charge in [-0.3, -0.25) is 0 Å². The Morgan fingerprint density at radius 2 is 2.29 bits per heavy atom. The summed E-state index contributed by atoms with van der Waals surface area (Å²) < 4.78 is 0. The first-order valence-electron chi connectivity index (χ1n) is 5.63. The highest BCUT2D eigenvalue weighted by Crippen LogP contribution is 2.20. The van der Waals surface area contributed by atoms with Crippen molar-refractivity contribution in [2.24, 2.45) is 0 Å². The Morgan fingerprint density at radius 1 is 1.47 bits per heavy atom. The molecule has 2 aromatic rings. The lowest BCUT2D eigenvalue weighted by Gasteiger charge is -2.26. The molecule has 2 N–H and O–H groups in total. The molecule has 0 aliphatic rings. The average molecular weight is 247 g/mol. The maximum Gasteiger partial charge on any atom is 0.125 e. The Kier molecular flexibility index (Phi) is 3.64. The Hall–Kier alpha value is -1.55. The van der Waals surface area contributed by atoms with Crippen LogP contribution in [-0.2, 0) is 6.42 Å². The van der Waals surface area contributed by atoms with Crippen molar-refractivity contribution in [2.75, 3.05) is 17.7 Å². The van der Waals surface area contributed by atoms with Gasteiger partial charge in [0.2, 0.25) is 0 Å². The highest BCUT2D eigenvalue weighted by molar-refractivity contribution is 7.09. The first-order valence-corrected chi connectivity index (χ1v) is 6.51. The van der Waals surface area contributed by atoms with Crippen LogP contribution in [0, 0.1) is 0 Å². The summed E-state index contributed by atoms with van der Waals surface area (Å²) in [4.78, 5) is 7.65. The van der Waals surface area contributed by atoms with E-state index in [9.17, 15) is 0 Å². The lowest BCUT2D eigenvalue weighted by molar-refractivity contribution is 0.688. The molecule has 2 rings (SSSR count). The second kappa shape index (κ2) is 5.19. The summed E-state index contributed by atoms with van der Waals surface area (Å²) in [6, 6.07) is 8.61. The minimum atomic E-state index is 0.440. The third-order valence-electron chi connectivity index (χ3n) is 2.91. The molecule has 0 bridgehead atoms. The van der Waals surface area contributed by atoms with Crippen molar-refractivity contribution in [3.63, 3.8) is 0 Å². The molecule has 2 aromatic heterocycles. The van der Waals surface area contributed by atoms with Gasteiger partial charge in [0.05, 0.1) is 0 Å².